The van der Waals surface area contributed by atoms with Crippen molar-refractivity contribution in [3.63, 3.8) is 0 Å². The molecule has 1 atom stereocenters. The lowest BCUT2D eigenvalue weighted by molar-refractivity contribution is 0.161. The van der Waals surface area contributed by atoms with E-state index in [9.17, 15) is 14.3 Å². The van der Waals surface area contributed by atoms with Crippen LogP contribution in [0.15, 0.2) is 36.4 Å². The SMILES string of the molecule is CCCOc1ccc(-c2cc3c(cc2F)[C@H](NC(=O)O)C(C)(C)CC3)cc1. The molecule has 0 unspecified atom stereocenters. The van der Waals surface area contributed by atoms with Gasteiger partial charge in [-0.2, -0.15) is 0 Å². The molecule has 0 saturated carbocycles. The smallest absolute Gasteiger partial charge is 0.405 e. The lowest BCUT2D eigenvalue weighted by atomic mass is 9.70. The second-order valence-electron chi connectivity index (χ2n) is 7.77. The van der Waals surface area contributed by atoms with Gasteiger partial charge in [-0.15, -0.1) is 0 Å². The van der Waals surface area contributed by atoms with Crippen LogP contribution >= 0.6 is 0 Å². The Bertz CT molecular complexity index is 830. The average molecular weight is 371 g/mol. The Labute approximate surface area is 159 Å². The van der Waals surface area contributed by atoms with E-state index in [4.69, 9.17) is 4.74 Å². The number of carboxylic acid groups (broad SMARTS) is 1. The van der Waals surface area contributed by atoms with Crippen LogP contribution in [0.3, 0.4) is 0 Å². The minimum Gasteiger partial charge on any atom is -0.494 e. The first kappa shape index (κ1) is 19.2. The van der Waals surface area contributed by atoms with E-state index in [1.54, 1.807) is 0 Å². The van der Waals surface area contributed by atoms with Crippen LogP contribution in [0.5, 0.6) is 5.75 Å². The van der Waals surface area contributed by atoms with Crippen molar-refractivity contribution in [2.45, 2.75) is 46.1 Å². The van der Waals surface area contributed by atoms with Crippen molar-refractivity contribution in [3.05, 3.63) is 53.3 Å². The minimum absolute atomic E-state index is 0.266. The van der Waals surface area contributed by atoms with Gasteiger partial charge in [-0.25, -0.2) is 9.18 Å². The number of hydrogen-bond acceptors (Lipinski definition) is 2. The van der Waals surface area contributed by atoms with Crippen molar-refractivity contribution in [1.82, 2.24) is 5.32 Å². The number of rotatable bonds is 5. The molecule has 5 heteroatoms. The van der Waals surface area contributed by atoms with Crippen LogP contribution in [0.2, 0.25) is 0 Å². The van der Waals surface area contributed by atoms with E-state index < -0.39 is 12.1 Å². The van der Waals surface area contributed by atoms with E-state index in [1.165, 1.54) is 6.07 Å². The lowest BCUT2D eigenvalue weighted by Crippen LogP contribution is -2.40. The van der Waals surface area contributed by atoms with Gasteiger partial charge in [0.1, 0.15) is 11.6 Å². The first-order valence-electron chi connectivity index (χ1n) is 9.37. The molecule has 1 aliphatic rings. The predicted octanol–water partition coefficient (Wildman–Crippen LogP) is 5.56. The largest absolute Gasteiger partial charge is 0.494 e. The lowest BCUT2D eigenvalue weighted by Gasteiger charge is -2.40. The molecule has 0 spiro atoms. The Morgan fingerprint density at radius 1 is 1.30 bits per heavy atom. The summed E-state index contributed by atoms with van der Waals surface area (Å²) in [5, 5.41) is 11.8. The van der Waals surface area contributed by atoms with Crippen LogP contribution in [0, 0.1) is 11.2 Å². The molecular formula is C22H26FNO3. The predicted molar refractivity (Wildman–Crippen MR) is 104 cm³/mol. The maximum Gasteiger partial charge on any atom is 0.405 e. The number of amides is 1. The number of benzene rings is 2. The number of fused-ring (bicyclic) bond motifs is 1. The molecule has 0 saturated heterocycles. The van der Waals surface area contributed by atoms with Crippen molar-refractivity contribution < 1.29 is 19.0 Å². The summed E-state index contributed by atoms with van der Waals surface area (Å²) >= 11 is 0. The van der Waals surface area contributed by atoms with E-state index in [1.807, 2.05) is 51.1 Å². The molecule has 0 bridgehead atoms. The molecule has 0 fully saturated rings. The van der Waals surface area contributed by atoms with Crippen LogP contribution in [0.25, 0.3) is 11.1 Å². The minimum atomic E-state index is -1.09. The molecule has 2 N–H and O–H groups in total. The van der Waals surface area contributed by atoms with Gasteiger partial charge in [0.15, 0.2) is 0 Å². The quantitative estimate of drug-likeness (QED) is 0.723. The van der Waals surface area contributed by atoms with Crippen LogP contribution in [-0.4, -0.2) is 17.8 Å². The molecule has 144 valence electrons. The zero-order valence-electron chi connectivity index (χ0n) is 16.0. The fourth-order valence-electron chi connectivity index (χ4n) is 3.71. The zero-order chi connectivity index (χ0) is 19.6. The Kier molecular flexibility index (Phi) is 5.40. The van der Waals surface area contributed by atoms with E-state index in [0.717, 1.165) is 41.7 Å². The molecule has 27 heavy (non-hydrogen) atoms. The van der Waals surface area contributed by atoms with E-state index in [-0.39, 0.29) is 11.2 Å². The summed E-state index contributed by atoms with van der Waals surface area (Å²) in [5.41, 5.74) is 2.78. The third kappa shape index (κ3) is 4.07. The van der Waals surface area contributed by atoms with Gasteiger partial charge in [0.2, 0.25) is 0 Å². The first-order chi connectivity index (χ1) is 12.8. The van der Waals surface area contributed by atoms with Crippen LogP contribution in [0.4, 0.5) is 9.18 Å². The summed E-state index contributed by atoms with van der Waals surface area (Å²) in [6.07, 6.45) is 1.47. The highest BCUT2D eigenvalue weighted by molar-refractivity contribution is 5.68. The summed E-state index contributed by atoms with van der Waals surface area (Å²) in [6, 6.07) is 10.3. The number of halogens is 1. The fourth-order valence-corrected chi connectivity index (χ4v) is 3.71. The van der Waals surface area contributed by atoms with Crippen molar-refractivity contribution in [2.75, 3.05) is 6.61 Å². The standard InChI is InChI=1S/C22H26FNO3/c1-4-11-27-16-7-5-14(6-8-16)17-12-15-9-10-22(2,3)20(24-21(25)26)18(15)13-19(17)23/h5-8,12-13,20,24H,4,9-11H2,1-3H3,(H,25,26)/t20-/m0/s1. The molecule has 3 rings (SSSR count). The summed E-state index contributed by atoms with van der Waals surface area (Å²) in [6.45, 7) is 6.72. The summed E-state index contributed by atoms with van der Waals surface area (Å²) in [7, 11) is 0. The van der Waals surface area contributed by atoms with Crippen LogP contribution in [0.1, 0.15) is 50.8 Å². The summed E-state index contributed by atoms with van der Waals surface area (Å²) < 4.78 is 20.5. The second-order valence-corrected chi connectivity index (χ2v) is 7.77. The molecular weight excluding hydrogens is 345 g/mol. The third-order valence-electron chi connectivity index (χ3n) is 5.27. The van der Waals surface area contributed by atoms with Gasteiger partial charge in [-0.3, -0.25) is 0 Å². The first-order valence-corrected chi connectivity index (χ1v) is 9.37. The highest BCUT2D eigenvalue weighted by atomic mass is 19.1. The van der Waals surface area contributed by atoms with Crippen molar-refractivity contribution in [3.8, 4) is 16.9 Å². The number of hydrogen-bond donors (Lipinski definition) is 2. The fraction of sp³-hybridized carbons (Fsp3) is 0.409. The van der Waals surface area contributed by atoms with E-state index >= 15 is 0 Å². The monoisotopic (exact) mass is 371 g/mol. The Hall–Kier alpha value is -2.56. The van der Waals surface area contributed by atoms with Crippen molar-refractivity contribution in [2.24, 2.45) is 5.41 Å². The van der Waals surface area contributed by atoms with Gasteiger partial charge in [0.05, 0.1) is 12.6 Å². The van der Waals surface area contributed by atoms with Gasteiger partial charge in [0.25, 0.3) is 0 Å². The van der Waals surface area contributed by atoms with Gasteiger partial charge in [-0.05, 0) is 65.6 Å². The van der Waals surface area contributed by atoms with E-state index in [0.29, 0.717) is 12.2 Å². The van der Waals surface area contributed by atoms with Crippen molar-refractivity contribution >= 4 is 6.09 Å². The number of aryl methyl sites for hydroxylation is 1. The van der Waals surface area contributed by atoms with Gasteiger partial charge in [0, 0.05) is 5.56 Å². The highest BCUT2D eigenvalue weighted by Crippen LogP contribution is 2.45. The third-order valence-corrected chi connectivity index (χ3v) is 5.27. The highest BCUT2D eigenvalue weighted by Gasteiger charge is 2.37. The molecule has 0 aromatic heterocycles. The van der Waals surface area contributed by atoms with Crippen molar-refractivity contribution in [1.29, 1.82) is 0 Å². The molecule has 1 aliphatic carbocycles. The number of ether oxygens (including phenoxy) is 1. The number of nitrogens with one attached hydrogen (secondary N) is 1. The molecule has 4 nitrogen and oxygen atoms in total. The molecule has 0 radical (unpaired) electrons. The van der Waals surface area contributed by atoms with Gasteiger partial charge in [-0.1, -0.05) is 32.9 Å². The maximum atomic E-state index is 14.9. The normalized spacial score (nSPS) is 17.9. The molecule has 1 amide bonds. The van der Waals surface area contributed by atoms with Gasteiger partial charge < -0.3 is 15.2 Å². The molecule has 0 aliphatic heterocycles. The summed E-state index contributed by atoms with van der Waals surface area (Å²) in [4.78, 5) is 11.2. The molecule has 2 aromatic rings. The number of carbonyl (C=O) groups is 1. The molecule has 0 heterocycles. The van der Waals surface area contributed by atoms with Gasteiger partial charge >= 0.3 is 6.09 Å². The Morgan fingerprint density at radius 3 is 2.63 bits per heavy atom. The molecule has 2 aromatic carbocycles. The summed E-state index contributed by atoms with van der Waals surface area (Å²) in [5.74, 6) is 0.428. The van der Waals surface area contributed by atoms with Crippen LogP contribution in [-0.2, 0) is 6.42 Å². The Balaban J connectivity index is 1.95. The zero-order valence-corrected chi connectivity index (χ0v) is 16.0. The second kappa shape index (κ2) is 7.59. The van der Waals surface area contributed by atoms with E-state index in [2.05, 4.69) is 5.32 Å². The topological polar surface area (TPSA) is 58.6 Å². The van der Waals surface area contributed by atoms with Crippen LogP contribution < -0.4 is 10.1 Å². The average Bonchev–Trinajstić information content (AvgIpc) is 2.62. The maximum absolute atomic E-state index is 14.9. The Morgan fingerprint density at radius 2 is 2.00 bits per heavy atom.